The second kappa shape index (κ2) is 10.0. The van der Waals surface area contributed by atoms with Gasteiger partial charge in [0.25, 0.3) is 5.91 Å². The van der Waals surface area contributed by atoms with Crippen LogP contribution in [-0.4, -0.2) is 33.7 Å². The van der Waals surface area contributed by atoms with Crippen molar-refractivity contribution in [2.24, 2.45) is 5.92 Å². The standard InChI is InChI=1S/C28H25Cl2N3O/c29-24-12-11-23(18-25(24)30)33-27(19-26(31-33)22-9-5-2-6-10-22)28(34)32-15-13-21(14-16-32)17-20-7-3-1-4-8-20/h1-12,18-19,21H,13-17H2. The molecule has 34 heavy (non-hydrogen) atoms. The summed E-state index contributed by atoms with van der Waals surface area (Å²) in [7, 11) is 0. The average molecular weight is 490 g/mol. The lowest BCUT2D eigenvalue weighted by molar-refractivity contribution is 0.0681. The molecule has 0 N–H and O–H groups in total. The van der Waals surface area contributed by atoms with Crippen LogP contribution >= 0.6 is 23.2 Å². The second-order valence-corrected chi connectivity index (χ2v) is 9.53. The quantitative estimate of drug-likeness (QED) is 0.304. The SMILES string of the molecule is O=C(c1cc(-c2ccccc2)nn1-c1ccc(Cl)c(Cl)c1)N1CCC(Cc2ccccc2)CC1. The zero-order valence-electron chi connectivity index (χ0n) is 18.7. The minimum atomic E-state index is -0.0149. The Kier molecular flexibility index (Phi) is 6.70. The Morgan fingerprint density at radius 2 is 1.53 bits per heavy atom. The molecule has 0 radical (unpaired) electrons. The van der Waals surface area contributed by atoms with Crippen molar-refractivity contribution in [2.45, 2.75) is 19.3 Å². The van der Waals surface area contributed by atoms with E-state index in [9.17, 15) is 4.79 Å². The van der Waals surface area contributed by atoms with Crippen molar-refractivity contribution in [3.63, 3.8) is 0 Å². The van der Waals surface area contributed by atoms with Gasteiger partial charge in [0.15, 0.2) is 0 Å². The van der Waals surface area contributed by atoms with Crippen molar-refractivity contribution >= 4 is 29.1 Å². The lowest BCUT2D eigenvalue weighted by Gasteiger charge is -2.32. The summed E-state index contributed by atoms with van der Waals surface area (Å²) in [5, 5.41) is 5.67. The molecule has 172 valence electrons. The molecule has 0 saturated carbocycles. The Morgan fingerprint density at radius 3 is 2.21 bits per heavy atom. The van der Waals surface area contributed by atoms with Gasteiger partial charge in [-0.2, -0.15) is 5.10 Å². The predicted molar refractivity (Wildman–Crippen MR) is 138 cm³/mol. The summed E-state index contributed by atoms with van der Waals surface area (Å²) in [6.45, 7) is 1.48. The van der Waals surface area contributed by atoms with Crippen LogP contribution in [0.4, 0.5) is 0 Å². The number of nitrogens with zero attached hydrogens (tertiary/aromatic N) is 3. The van der Waals surface area contributed by atoms with E-state index >= 15 is 0 Å². The van der Waals surface area contributed by atoms with E-state index in [4.69, 9.17) is 28.3 Å². The van der Waals surface area contributed by atoms with E-state index in [-0.39, 0.29) is 5.91 Å². The van der Waals surface area contributed by atoms with Gasteiger partial charge < -0.3 is 4.90 Å². The van der Waals surface area contributed by atoms with E-state index in [1.54, 1.807) is 16.8 Å². The number of piperidine rings is 1. The van der Waals surface area contributed by atoms with Crippen LogP contribution in [-0.2, 0) is 6.42 Å². The Labute approximate surface area is 209 Å². The number of aromatic nitrogens is 2. The minimum Gasteiger partial charge on any atom is -0.337 e. The molecule has 4 aromatic rings. The third-order valence-electron chi connectivity index (χ3n) is 6.41. The van der Waals surface area contributed by atoms with Crippen molar-refractivity contribution in [1.82, 2.24) is 14.7 Å². The normalized spacial score (nSPS) is 14.4. The fraction of sp³-hybridized carbons (Fsp3) is 0.214. The van der Waals surface area contributed by atoms with Gasteiger partial charge >= 0.3 is 0 Å². The summed E-state index contributed by atoms with van der Waals surface area (Å²) in [4.78, 5) is 15.6. The maximum atomic E-state index is 13.7. The summed E-state index contributed by atoms with van der Waals surface area (Å²) in [6, 6.07) is 27.6. The molecular weight excluding hydrogens is 465 g/mol. The summed E-state index contributed by atoms with van der Waals surface area (Å²) < 4.78 is 1.68. The van der Waals surface area contributed by atoms with Crippen LogP contribution in [0.25, 0.3) is 16.9 Å². The van der Waals surface area contributed by atoms with Crippen molar-refractivity contribution in [3.05, 3.63) is 106 Å². The van der Waals surface area contributed by atoms with E-state index < -0.39 is 0 Å². The van der Waals surface area contributed by atoms with E-state index in [1.807, 2.05) is 53.4 Å². The van der Waals surface area contributed by atoms with E-state index in [0.29, 0.717) is 27.3 Å². The van der Waals surface area contributed by atoms with Gasteiger partial charge in [0.05, 0.1) is 21.4 Å². The van der Waals surface area contributed by atoms with Gasteiger partial charge in [0, 0.05) is 18.7 Å². The number of likely N-dealkylation sites (tertiary alicyclic amines) is 1. The largest absolute Gasteiger partial charge is 0.337 e. The molecule has 5 rings (SSSR count). The maximum Gasteiger partial charge on any atom is 0.272 e. The molecule has 2 heterocycles. The fourth-order valence-corrected chi connectivity index (χ4v) is 4.84. The molecule has 1 fully saturated rings. The molecule has 1 saturated heterocycles. The van der Waals surface area contributed by atoms with Crippen molar-refractivity contribution < 1.29 is 4.79 Å². The Bertz CT molecular complexity index is 1280. The van der Waals surface area contributed by atoms with Crippen LogP contribution in [0.5, 0.6) is 0 Å². The van der Waals surface area contributed by atoms with Crippen LogP contribution in [0.1, 0.15) is 28.9 Å². The first kappa shape index (κ1) is 22.7. The third-order valence-corrected chi connectivity index (χ3v) is 7.15. The van der Waals surface area contributed by atoms with E-state index in [1.165, 1.54) is 5.56 Å². The number of hydrogen-bond acceptors (Lipinski definition) is 2. The zero-order chi connectivity index (χ0) is 23.5. The lowest BCUT2D eigenvalue weighted by atomic mass is 9.90. The van der Waals surface area contributed by atoms with Gasteiger partial charge in [-0.1, -0.05) is 83.9 Å². The maximum absolute atomic E-state index is 13.7. The monoisotopic (exact) mass is 489 g/mol. The van der Waals surface area contributed by atoms with Gasteiger partial charge in [-0.3, -0.25) is 4.79 Å². The number of amides is 1. The molecule has 3 aromatic carbocycles. The average Bonchev–Trinajstić information content (AvgIpc) is 3.32. The molecule has 0 aliphatic carbocycles. The first-order chi connectivity index (χ1) is 16.6. The molecule has 1 aliphatic heterocycles. The first-order valence-corrected chi connectivity index (χ1v) is 12.3. The zero-order valence-corrected chi connectivity index (χ0v) is 20.2. The van der Waals surface area contributed by atoms with Crippen molar-refractivity contribution in [2.75, 3.05) is 13.1 Å². The molecule has 0 bridgehead atoms. The van der Waals surface area contributed by atoms with Gasteiger partial charge in [0.1, 0.15) is 5.69 Å². The van der Waals surface area contributed by atoms with Crippen LogP contribution in [0.3, 0.4) is 0 Å². The smallest absolute Gasteiger partial charge is 0.272 e. The molecule has 1 aliphatic rings. The highest BCUT2D eigenvalue weighted by Gasteiger charge is 2.27. The van der Waals surface area contributed by atoms with Crippen LogP contribution < -0.4 is 0 Å². The highest BCUT2D eigenvalue weighted by Crippen LogP contribution is 2.29. The van der Waals surface area contributed by atoms with Crippen molar-refractivity contribution in [1.29, 1.82) is 0 Å². The number of benzene rings is 3. The first-order valence-electron chi connectivity index (χ1n) is 11.5. The molecule has 1 amide bonds. The summed E-state index contributed by atoms with van der Waals surface area (Å²) in [6.07, 6.45) is 3.04. The number of carbonyl (C=O) groups excluding carboxylic acids is 1. The van der Waals surface area contributed by atoms with Crippen LogP contribution in [0.15, 0.2) is 84.9 Å². The molecule has 6 heteroatoms. The van der Waals surface area contributed by atoms with Gasteiger partial charge in [-0.15, -0.1) is 0 Å². The lowest BCUT2D eigenvalue weighted by Crippen LogP contribution is -2.39. The topological polar surface area (TPSA) is 38.1 Å². The van der Waals surface area contributed by atoms with Gasteiger partial charge in [0.2, 0.25) is 0 Å². The molecule has 4 nitrogen and oxygen atoms in total. The minimum absolute atomic E-state index is 0.0149. The van der Waals surface area contributed by atoms with Crippen LogP contribution in [0.2, 0.25) is 10.0 Å². The summed E-state index contributed by atoms with van der Waals surface area (Å²) >= 11 is 12.4. The van der Waals surface area contributed by atoms with Gasteiger partial charge in [-0.25, -0.2) is 4.68 Å². The summed E-state index contributed by atoms with van der Waals surface area (Å²) in [5.74, 6) is 0.574. The Balaban J connectivity index is 1.40. The van der Waals surface area contributed by atoms with Gasteiger partial charge in [-0.05, 0) is 55.0 Å². The third kappa shape index (κ3) is 4.89. The highest BCUT2D eigenvalue weighted by molar-refractivity contribution is 6.42. The fourth-order valence-electron chi connectivity index (χ4n) is 4.55. The molecule has 1 aromatic heterocycles. The molecule has 0 atom stereocenters. The molecular formula is C28H25Cl2N3O. The van der Waals surface area contributed by atoms with E-state index in [0.717, 1.165) is 43.6 Å². The Hall–Kier alpha value is -3.08. The molecule has 0 spiro atoms. The van der Waals surface area contributed by atoms with E-state index in [2.05, 4.69) is 24.3 Å². The number of hydrogen-bond donors (Lipinski definition) is 0. The second-order valence-electron chi connectivity index (χ2n) is 8.72. The number of halogens is 2. The summed E-state index contributed by atoms with van der Waals surface area (Å²) in [5.41, 5.74) is 4.29. The predicted octanol–water partition coefficient (Wildman–Crippen LogP) is 6.94. The Morgan fingerprint density at radius 1 is 0.853 bits per heavy atom. The number of carbonyl (C=O) groups is 1. The highest BCUT2D eigenvalue weighted by atomic mass is 35.5. The van der Waals surface area contributed by atoms with Crippen LogP contribution in [0, 0.1) is 5.92 Å². The molecule has 0 unspecified atom stereocenters. The van der Waals surface area contributed by atoms with Crippen molar-refractivity contribution in [3.8, 4) is 16.9 Å². The number of rotatable bonds is 5.